The van der Waals surface area contributed by atoms with E-state index in [1.54, 1.807) is 0 Å². The Morgan fingerprint density at radius 2 is 1.92 bits per heavy atom. The van der Waals surface area contributed by atoms with E-state index in [0.29, 0.717) is 0 Å². The lowest BCUT2D eigenvalue weighted by Gasteiger charge is -2.42. The van der Waals surface area contributed by atoms with E-state index in [0.717, 1.165) is 0 Å². The van der Waals surface area contributed by atoms with E-state index in [2.05, 4.69) is 0 Å². The van der Waals surface area contributed by atoms with Crippen LogP contribution in [0.4, 0.5) is 4.39 Å². The predicted molar refractivity (Wildman–Crippen MR) is 48.4 cm³/mol. The molecule has 0 amide bonds. The summed E-state index contributed by atoms with van der Waals surface area (Å²) in [6, 6.07) is 0. The van der Waals surface area contributed by atoms with Crippen molar-refractivity contribution in [2.45, 2.75) is 57.9 Å². The van der Waals surface area contributed by atoms with Crippen LogP contribution in [0.25, 0.3) is 0 Å². The van der Waals surface area contributed by atoms with Crippen LogP contribution in [0.1, 0.15) is 40.5 Å². The molecule has 1 aliphatic carbocycles. The van der Waals surface area contributed by atoms with Gasteiger partial charge in [0.2, 0.25) is 0 Å². The zero-order valence-electron chi connectivity index (χ0n) is 8.69. The summed E-state index contributed by atoms with van der Waals surface area (Å²) in [4.78, 5) is 10.8. The van der Waals surface area contributed by atoms with Crippen LogP contribution in [-0.4, -0.2) is 23.2 Å². The molecule has 1 rings (SSSR count). The van der Waals surface area contributed by atoms with Crippen LogP contribution >= 0.6 is 0 Å². The highest BCUT2D eigenvalue weighted by atomic mass is 19.1. The Morgan fingerprint density at radius 3 is 2.23 bits per heavy atom. The fourth-order valence-electron chi connectivity index (χ4n) is 1.53. The van der Waals surface area contributed by atoms with E-state index in [4.69, 9.17) is 4.74 Å². The molecule has 0 atom stereocenters. The molecule has 0 aliphatic heterocycles. The van der Waals surface area contributed by atoms with Gasteiger partial charge in [0.25, 0.3) is 0 Å². The van der Waals surface area contributed by atoms with Gasteiger partial charge in [-0.05, 0) is 27.7 Å². The Bertz CT molecular complexity index is 211. The molecule has 0 aromatic heterocycles. The first-order chi connectivity index (χ1) is 5.73. The highest BCUT2D eigenvalue weighted by Crippen LogP contribution is 2.40. The summed E-state index contributed by atoms with van der Waals surface area (Å²) in [5, 5.41) is 0. The minimum atomic E-state index is -1.60. The van der Waals surface area contributed by atoms with Crippen LogP contribution in [-0.2, 0) is 9.53 Å². The van der Waals surface area contributed by atoms with E-state index < -0.39 is 5.67 Å². The van der Waals surface area contributed by atoms with Gasteiger partial charge >= 0.3 is 0 Å². The number of Topliss-reactive ketones (excluding diaryl/α,β-unsaturated/α-hetero) is 1. The molecule has 0 radical (unpaired) electrons. The van der Waals surface area contributed by atoms with Crippen LogP contribution in [0.3, 0.4) is 0 Å². The van der Waals surface area contributed by atoms with Crippen molar-refractivity contribution >= 4 is 5.78 Å². The number of rotatable bonds is 2. The Balaban J connectivity index is 2.38. The molecular formula is C10H17FO2. The van der Waals surface area contributed by atoms with Gasteiger partial charge in [-0.3, -0.25) is 4.79 Å². The van der Waals surface area contributed by atoms with Gasteiger partial charge in [-0.15, -0.1) is 0 Å². The van der Waals surface area contributed by atoms with Gasteiger partial charge in [-0.2, -0.15) is 0 Å². The number of hydrogen-bond acceptors (Lipinski definition) is 2. The summed E-state index contributed by atoms with van der Waals surface area (Å²) in [7, 11) is 0. The number of carbonyl (C=O) groups is 1. The molecule has 2 nitrogen and oxygen atoms in total. The number of ketones is 1. The van der Waals surface area contributed by atoms with Gasteiger partial charge in [-0.25, -0.2) is 4.39 Å². The van der Waals surface area contributed by atoms with E-state index >= 15 is 0 Å². The van der Waals surface area contributed by atoms with E-state index in [1.165, 1.54) is 6.92 Å². The first-order valence-corrected chi connectivity index (χ1v) is 4.61. The molecule has 0 spiro atoms. The molecule has 76 valence electrons. The SMILES string of the molecule is CC(=O)C1(F)CC(OC(C)(C)C)C1. The maximum Gasteiger partial charge on any atom is 0.173 e. The fraction of sp³-hybridized carbons (Fsp3) is 0.900. The normalized spacial score (nSPS) is 34.1. The summed E-state index contributed by atoms with van der Waals surface area (Å²) in [5.74, 6) is -0.374. The second-order valence-electron chi connectivity index (χ2n) is 4.78. The predicted octanol–water partition coefficient (Wildman–Crippen LogP) is 2.26. The second kappa shape index (κ2) is 3.05. The minimum Gasteiger partial charge on any atom is -0.372 e. The topological polar surface area (TPSA) is 26.3 Å². The quantitative estimate of drug-likeness (QED) is 0.664. The van der Waals surface area contributed by atoms with Gasteiger partial charge < -0.3 is 4.74 Å². The van der Waals surface area contributed by atoms with Gasteiger partial charge in [0.15, 0.2) is 11.5 Å². The summed E-state index contributed by atoms with van der Waals surface area (Å²) in [5.41, 5.74) is -1.85. The number of carbonyl (C=O) groups excluding carboxylic acids is 1. The van der Waals surface area contributed by atoms with E-state index in [-0.39, 0.29) is 30.3 Å². The van der Waals surface area contributed by atoms with Crippen molar-refractivity contribution in [3.8, 4) is 0 Å². The fourth-order valence-corrected chi connectivity index (χ4v) is 1.53. The molecule has 1 saturated carbocycles. The number of alkyl halides is 1. The average Bonchev–Trinajstić information content (AvgIpc) is 1.79. The first kappa shape index (κ1) is 10.6. The highest BCUT2D eigenvalue weighted by molar-refractivity contribution is 5.86. The molecule has 0 unspecified atom stereocenters. The number of hydrogen-bond donors (Lipinski definition) is 0. The lowest BCUT2D eigenvalue weighted by molar-refractivity contribution is -0.166. The monoisotopic (exact) mass is 188 g/mol. The summed E-state index contributed by atoms with van der Waals surface area (Å²) in [6.45, 7) is 7.09. The Hall–Kier alpha value is -0.440. The largest absolute Gasteiger partial charge is 0.372 e. The Morgan fingerprint density at radius 1 is 1.46 bits per heavy atom. The second-order valence-corrected chi connectivity index (χ2v) is 4.78. The lowest BCUT2D eigenvalue weighted by Crippen LogP contribution is -2.51. The molecule has 13 heavy (non-hydrogen) atoms. The maximum absolute atomic E-state index is 13.4. The first-order valence-electron chi connectivity index (χ1n) is 4.61. The standard InChI is InChI=1S/C10H17FO2/c1-7(12)10(11)5-8(6-10)13-9(2,3)4/h8H,5-6H2,1-4H3. The molecule has 0 saturated heterocycles. The van der Waals surface area contributed by atoms with Crippen molar-refractivity contribution < 1.29 is 13.9 Å². The zero-order valence-corrected chi connectivity index (χ0v) is 8.69. The van der Waals surface area contributed by atoms with Crippen molar-refractivity contribution in [1.29, 1.82) is 0 Å². The van der Waals surface area contributed by atoms with Crippen LogP contribution < -0.4 is 0 Å². The van der Waals surface area contributed by atoms with E-state index in [9.17, 15) is 9.18 Å². The van der Waals surface area contributed by atoms with E-state index in [1.807, 2.05) is 20.8 Å². The van der Waals surface area contributed by atoms with Gasteiger partial charge in [0.1, 0.15) is 0 Å². The van der Waals surface area contributed by atoms with Crippen molar-refractivity contribution in [2.75, 3.05) is 0 Å². The summed E-state index contributed by atoms with van der Waals surface area (Å²) >= 11 is 0. The van der Waals surface area contributed by atoms with Crippen LogP contribution in [0, 0.1) is 0 Å². The maximum atomic E-state index is 13.4. The summed E-state index contributed by atoms with van der Waals surface area (Å²) in [6.07, 6.45) is 0.355. The number of halogens is 1. The molecular weight excluding hydrogens is 171 g/mol. The third-order valence-electron chi connectivity index (χ3n) is 2.25. The Labute approximate surface area is 78.5 Å². The van der Waals surface area contributed by atoms with Gasteiger partial charge in [0.05, 0.1) is 11.7 Å². The van der Waals surface area contributed by atoms with Gasteiger partial charge in [-0.1, -0.05) is 0 Å². The van der Waals surface area contributed by atoms with Crippen molar-refractivity contribution in [3.63, 3.8) is 0 Å². The average molecular weight is 188 g/mol. The molecule has 0 aromatic carbocycles. The van der Waals surface area contributed by atoms with Crippen LogP contribution in [0.15, 0.2) is 0 Å². The third kappa shape index (κ3) is 2.50. The van der Waals surface area contributed by atoms with Crippen molar-refractivity contribution in [3.05, 3.63) is 0 Å². The van der Waals surface area contributed by atoms with Crippen LogP contribution in [0.2, 0.25) is 0 Å². The molecule has 1 aliphatic rings. The van der Waals surface area contributed by atoms with Crippen molar-refractivity contribution in [2.24, 2.45) is 0 Å². The lowest BCUT2D eigenvalue weighted by atomic mass is 9.76. The smallest absolute Gasteiger partial charge is 0.173 e. The minimum absolute atomic E-state index is 0.0890. The zero-order chi connectivity index (χ0) is 10.3. The molecule has 3 heteroatoms. The third-order valence-corrected chi connectivity index (χ3v) is 2.25. The molecule has 0 N–H and O–H groups in total. The van der Waals surface area contributed by atoms with Crippen LogP contribution in [0.5, 0.6) is 0 Å². The van der Waals surface area contributed by atoms with Gasteiger partial charge in [0, 0.05) is 12.8 Å². The molecule has 0 heterocycles. The number of ether oxygens (including phenoxy) is 1. The summed E-state index contributed by atoms with van der Waals surface area (Å²) < 4.78 is 19.0. The molecule has 0 bridgehead atoms. The molecule has 1 fully saturated rings. The molecule has 0 aromatic rings. The Kier molecular flexibility index (Phi) is 2.50. The highest BCUT2D eigenvalue weighted by Gasteiger charge is 2.50. The van der Waals surface area contributed by atoms with Crippen molar-refractivity contribution in [1.82, 2.24) is 0 Å².